The molecule has 1 heterocycles. The summed E-state index contributed by atoms with van der Waals surface area (Å²) in [4.78, 5) is 15.9. The average Bonchev–Trinajstić information content (AvgIpc) is 3.13. The molecule has 162 valence electrons. The second-order valence-electron chi connectivity index (χ2n) is 8.06. The fourth-order valence-electron chi connectivity index (χ4n) is 3.00. The zero-order chi connectivity index (χ0) is 22.6. The number of carbonyl (C=O) groups is 1. The summed E-state index contributed by atoms with van der Waals surface area (Å²) in [7, 11) is 0. The van der Waals surface area contributed by atoms with Crippen LogP contribution in [0.2, 0.25) is 5.02 Å². The van der Waals surface area contributed by atoms with E-state index in [1.807, 2.05) is 48.6 Å². The van der Waals surface area contributed by atoms with Crippen molar-refractivity contribution >= 4 is 23.6 Å². The number of aromatic nitrogens is 1. The maximum absolute atomic E-state index is 11.2. The van der Waals surface area contributed by atoms with Crippen molar-refractivity contribution in [3.8, 4) is 17.2 Å². The lowest BCUT2D eigenvalue weighted by molar-refractivity contribution is -0.152. The third-order valence-electron chi connectivity index (χ3n) is 4.75. The Labute approximate surface area is 187 Å². The fourth-order valence-corrected chi connectivity index (χ4v) is 3.22. The van der Waals surface area contributed by atoms with Crippen molar-refractivity contribution in [1.29, 1.82) is 0 Å². The van der Waals surface area contributed by atoms with E-state index in [1.165, 1.54) is 13.8 Å². The molecule has 3 rings (SSSR count). The van der Waals surface area contributed by atoms with Gasteiger partial charge in [0.25, 0.3) is 0 Å². The van der Waals surface area contributed by atoms with Gasteiger partial charge in [0.05, 0.1) is 16.3 Å². The summed E-state index contributed by atoms with van der Waals surface area (Å²) < 4.78 is 11.6. The van der Waals surface area contributed by atoms with Crippen LogP contribution in [0, 0.1) is 0 Å². The average molecular weight is 440 g/mol. The summed E-state index contributed by atoms with van der Waals surface area (Å²) in [5.74, 6) is 1.06. The van der Waals surface area contributed by atoms with Gasteiger partial charge in [-0.3, -0.25) is 0 Å². The molecular weight excluding hydrogens is 414 g/mol. The molecule has 1 N–H and O–H groups in total. The first-order chi connectivity index (χ1) is 14.7. The van der Waals surface area contributed by atoms with Crippen molar-refractivity contribution in [2.45, 2.75) is 45.6 Å². The summed E-state index contributed by atoms with van der Waals surface area (Å²) in [6.07, 6.45) is 4.63. The number of ether oxygens (including phenoxy) is 1. The van der Waals surface area contributed by atoms with Crippen molar-refractivity contribution in [1.82, 2.24) is 4.98 Å². The number of hydrogen-bond donors (Lipinski definition) is 1. The van der Waals surface area contributed by atoms with Gasteiger partial charge >= 0.3 is 5.97 Å². The van der Waals surface area contributed by atoms with E-state index < -0.39 is 11.6 Å². The van der Waals surface area contributed by atoms with Crippen LogP contribution in [0.15, 0.2) is 59.0 Å². The number of nitrogens with zero attached hydrogens (tertiary/aromatic N) is 1. The maximum Gasteiger partial charge on any atom is 0.347 e. The molecule has 0 aliphatic rings. The maximum atomic E-state index is 11.2. The summed E-state index contributed by atoms with van der Waals surface area (Å²) in [5, 5.41) is 9.78. The first kappa shape index (κ1) is 22.6. The zero-order valence-corrected chi connectivity index (χ0v) is 18.8. The smallest absolute Gasteiger partial charge is 0.347 e. The Bertz CT molecular complexity index is 1080. The minimum absolute atomic E-state index is 0.196. The minimum Gasteiger partial charge on any atom is -0.478 e. The van der Waals surface area contributed by atoms with E-state index in [0.717, 1.165) is 22.6 Å². The van der Waals surface area contributed by atoms with E-state index in [0.29, 0.717) is 23.1 Å². The SMILES string of the molecule is CC(C)c1oc(-c2ccccc2Cl)nc1CC=Cc1ccc(OC(C)(C)C(=O)O)cc1. The first-order valence-electron chi connectivity index (χ1n) is 10.1. The fraction of sp³-hybridized carbons (Fsp3) is 0.280. The number of halogens is 1. The van der Waals surface area contributed by atoms with Crippen LogP contribution in [0.25, 0.3) is 17.5 Å². The molecule has 0 fully saturated rings. The molecule has 2 aromatic carbocycles. The molecular formula is C25H26ClNO4. The number of allylic oxidation sites excluding steroid dienone is 1. The van der Waals surface area contributed by atoms with E-state index in [4.69, 9.17) is 20.8 Å². The summed E-state index contributed by atoms with van der Waals surface area (Å²) in [5.41, 5.74) is 1.35. The molecule has 3 aromatic rings. The second-order valence-corrected chi connectivity index (χ2v) is 8.46. The van der Waals surface area contributed by atoms with E-state index in [1.54, 1.807) is 12.1 Å². The van der Waals surface area contributed by atoms with Crippen LogP contribution >= 0.6 is 11.6 Å². The molecule has 5 nitrogen and oxygen atoms in total. The summed E-state index contributed by atoms with van der Waals surface area (Å²) in [6.45, 7) is 7.18. The van der Waals surface area contributed by atoms with Gasteiger partial charge in [0.1, 0.15) is 11.5 Å². The lowest BCUT2D eigenvalue weighted by Crippen LogP contribution is -2.37. The van der Waals surface area contributed by atoms with Crippen LogP contribution < -0.4 is 4.74 Å². The van der Waals surface area contributed by atoms with Gasteiger partial charge in [0.15, 0.2) is 5.60 Å². The minimum atomic E-state index is -1.28. The van der Waals surface area contributed by atoms with E-state index in [9.17, 15) is 9.90 Å². The molecule has 6 heteroatoms. The monoisotopic (exact) mass is 439 g/mol. The molecule has 0 aliphatic carbocycles. The van der Waals surface area contributed by atoms with Gasteiger partial charge in [0.2, 0.25) is 5.89 Å². The number of aliphatic carboxylic acids is 1. The van der Waals surface area contributed by atoms with Crippen molar-refractivity contribution in [2.75, 3.05) is 0 Å². The Balaban J connectivity index is 1.73. The number of carboxylic acid groups (broad SMARTS) is 1. The normalized spacial score (nSPS) is 11.9. The van der Waals surface area contributed by atoms with Crippen LogP contribution in [-0.2, 0) is 11.2 Å². The standard InChI is InChI=1S/C25H26ClNO4/c1-16(2)22-21(27-23(30-22)19-9-5-6-10-20(19)26)11-7-8-17-12-14-18(15-13-17)31-25(3,4)24(28)29/h5-10,12-16H,11H2,1-4H3,(H,28,29). The predicted molar refractivity (Wildman–Crippen MR) is 123 cm³/mol. The van der Waals surface area contributed by atoms with Crippen molar-refractivity contribution in [3.05, 3.63) is 76.6 Å². The van der Waals surface area contributed by atoms with Crippen molar-refractivity contribution < 1.29 is 19.1 Å². The van der Waals surface area contributed by atoms with Crippen LogP contribution in [0.3, 0.4) is 0 Å². The van der Waals surface area contributed by atoms with Gasteiger partial charge in [-0.1, -0.05) is 61.9 Å². The van der Waals surface area contributed by atoms with Crippen LogP contribution in [0.1, 0.15) is 50.6 Å². The third kappa shape index (κ3) is 5.56. The number of benzene rings is 2. The highest BCUT2D eigenvalue weighted by atomic mass is 35.5. The Kier molecular flexibility index (Phi) is 6.86. The Morgan fingerprint density at radius 3 is 2.48 bits per heavy atom. The van der Waals surface area contributed by atoms with Gasteiger partial charge in [0, 0.05) is 12.3 Å². The van der Waals surface area contributed by atoms with E-state index in [-0.39, 0.29) is 5.92 Å². The molecule has 0 amide bonds. The Morgan fingerprint density at radius 2 is 1.87 bits per heavy atom. The molecule has 1 aromatic heterocycles. The number of rotatable bonds is 8. The van der Waals surface area contributed by atoms with E-state index in [2.05, 4.69) is 18.8 Å². The Morgan fingerprint density at radius 1 is 1.19 bits per heavy atom. The van der Waals surface area contributed by atoms with Gasteiger partial charge in [-0.05, 0) is 43.7 Å². The summed E-state index contributed by atoms with van der Waals surface area (Å²) >= 11 is 6.30. The summed E-state index contributed by atoms with van der Waals surface area (Å²) in [6, 6.07) is 14.8. The lowest BCUT2D eigenvalue weighted by Gasteiger charge is -2.21. The van der Waals surface area contributed by atoms with Crippen molar-refractivity contribution in [3.63, 3.8) is 0 Å². The first-order valence-corrected chi connectivity index (χ1v) is 10.5. The Hall–Kier alpha value is -3.05. The van der Waals surface area contributed by atoms with Gasteiger partial charge in [-0.2, -0.15) is 0 Å². The highest BCUT2D eigenvalue weighted by molar-refractivity contribution is 6.33. The molecule has 0 saturated heterocycles. The highest BCUT2D eigenvalue weighted by Crippen LogP contribution is 2.31. The van der Waals surface area contributed by atoms with Crippen LogP contribution in [0.5, 0.6) is 5.75 Å². The molecule has 31 heavy (non-hydrogen) atoms. The molecule has 0 unspecified atom stereocenters. The van der Waals surface area contributed by atoms with Gasteiger partial charge < -0.3 is 14.3 Å². The number of oxazole rings is 1. The molecule has 0 atom stereocenters. The van der Waals surface area contributed by atoms with Crippen LogP contribution in [-0.4, -0.2) is 21.7 Å². The molecule has 0 saturated carbocycles. The molecule has 0 radical (unpaired) electrons. The van der Waals surface area contributed by atoms with Crippen molar-refractivity contribution in [2.24, 2.45) is 0 Å². The van der Waals surface area contributed by atoms with Gasteiger partial charge in [-0.15, -0.1) is 0 Å². The number of carboxylic acids is 1. The largest absolute Gasteiger partial charge is 0.478 e. The second kappa shape index (κ2) is 9.40. The molecule has 0 spiro atoms. The highest BCUT2D eigenvalue weighted by Gasteiger charge is 2.29. The lowest BCUT2D eigenvalue weighted by atomic mass is 10.1. The number of hydrogen-bond acceptors (Lipinski definition) is 4. The molecule has 0 bridgehead atoms. The van der Waals surface area contributed by atoms with Crippen LogP contribution in [0.4, 0.5) is 0 Å². The topological polar surface area (TPSA) is 72.6 Å². The zero-order valence-electron chi connectivity index (χ0n) is 18.1. The quantitative estimate of drug-likeness (QED) is 0.427. The molecule has 0 aliphatic heterocycles. The predicted octanol–water partition coefficient (Wildman–Crippen LogP) is 6.62. The third-order valence-corrected chi connectivity index (χ3v) is 5.08. The van der Waals surface area contributed by atoms with E-state index >= 15 is 0 Å². The van der Waals surface area contributed by atoms with Gasteiger partial charge in [-0.25, -0.2) is 9.78 Å².